The quantitative estimate of drug-likeness (QED) is 0.448. The van der Waals surface area contributed by atoms with E-state index in [1.807, 2.05) is 0 Å². The van der Waals surface area contributed by atoms with Crippen LogP contribution in [-0.4, -0.2) is 36.2 Å². The van der Waals surface area contributed by atoms with E-state index in [0.717, 1.165) is 6.42 Å². The van der Waals surface area contributed by atoms with Crippen LogP contribution in [0.15, 0.2) is 12.7 Å². The normalized spacial score (nSPS) is 11.8. The van der Waals surface area contributed by atoms with Crippen LogP contribution in [0, 0.1) is 0 Å². The van der Waals surface area contributed by atoms with Gasteiger partial charge < -0.3 is 15.2 Å². The summed E-state index contributed by atoms with van der Waals surface area (Å²) in [5.41, 5.74) is 0. The van der Waals surface area contributed by atoms with E-state index in [2.05, 4.69) is 11.9 Å². The summed E-state index contributed by atoms with van der Waals surface area (Å²) < 4.78 is 5.26. The number of rotatable bonds is 10. The Morgan fingerprint density at radius 3 is 2.76 bits per heavy atom. The maximum absolute atomic E-state index is 11.5. The first-order valence-electron chi connectivity index (χ1n) is 5.80. The fourth-order valence-corrected chi connectivity index (χ4v) is 1.16. The Morgan fingerprint density at radius 2 is 2.18 bits per heavy atom. The second-order valence-electron chi connectivity index (χ2n) is 3.73. The van der Waals surface area contributed by atoms with Crippen LogP contribution in [0.2, 0.25) is 0 Å². The highest BCUT2D eigenvalue weighted by atomic mass is 16.5. The number of unbranched alkanes of at least 4 members (excludes halogenated alkanes) is 1. The van der Waals surface area contributed by atoms with Crippen LogP contribution in [0.5, 0.6) is 0 Å². The lowest BCUT2D eigenvalue weighted by Gasteiger charge is -2.12. The van der Waals surface area contributed by atoms with E-state index in [1.165, 1.54) is 0 Å². The molecule has 0 aliphatic heterocycles. The zero-order chi connectivity index (χ0) is 13.1. The van der Waals surface area contributed by atoms with Crippen molar-refractivity contribution in [3.05, 3.63) is 12.7 Å². The van der Waals surface area contributed by atoms with Gasteiger partial charge in [-0.1, -0.05) is 6.08 Å². The van der Waals surface area contributed by atoms with Gasteiger partial charge in [-0.3, -0.25) is 9.59 Å². The number of amides is 1. The molecule has 0 bridgehead atoms. The molecule has 0 saturated carbocycles. The minimum Gasteiger partial charge on any atom is -0.481 e. The van der Waals surface area contributed by atoms with Crippen molar-refractivity contribution in [1.82, 2.24) is 5.32 Å². The fourth-order valence-electron chi connectivity index (χ4n) is 1.16. The summed E-state index contributed by atoms with van der Waals surface area (Å²) in [6.07, 6.45) is 3.35. The number of hydrogen-bond acceptors (Lipinski definition) is 3. The Hall–Kier alpha value is -1.36. The molecule has 0 fully saturated rings. The second-order valence-corrected chi connectivity index (χ2v) is 3.73. The third-order valence-electron chi connectivity index (χ3n) is 2.18. The monoisotopic (exact) mass is 243 g/mol. The van der Waals surface area contributed by atoms with Gasteiger partial charge in [0.05, 0.1) is 6.61 Å². The van der Waals surface area contributed by atoms with E-state index >= 15 is 0 Å². The van der Waals surface area contributed by atoms with E-state index in [9.17, 15) is 9.59 Å². The van der Waals surface area contributed by atoms with E-state index in [-0.39, 0.29) is 12.3 Å². The van der Waals surface area contributed by atoms with Crippen LogP contribution in [0.1, 0.15) is 32.6 Å². The highest BCUT2D eigenvalue weighted by molar-refractivity contribution is 5.80. The summed E-state index contributed by atoms with van der Waals surface area (Å²) in [5.74, 6) is -0.971. The summed E-state index contributed by atoms with van der Waals surface area (Å²) in [6.45, 7) is 6.22. The van der Waals surface area contributed by atoms with Crippen LogP contribution in [-0.2, 0) is 14.3 Å². The third kappa shape index (κ3) is 9.56. The maximum Gasteiger partial charge on any atom is 0.303 e. The van der Waals surface area contributed by atoms with Gasteiger partial charge in [0.2, 0.25) is 5.91 Å². The smallest absolute Gasteiger partial charge is 0.303 e. The first kappa shape index (κ1) is 15.6. The van der Waals surface area contributed by atoms with Gasteiger partial charge in [0.1, 0.15) is 6.10 Å². The van der Waals surface area contributed by atoms with Crippen molar-refractivity contribution >= 4 is 11.9 Å². The molecule has 1 amide bonds. The number of ether oxygens (including phenoxy) is 1. The Labute approximate surface area is 102 Å². The molecule has 0 aromatic carbocycles. The van der Waals surface area contributed by atoms with Gasteiger partial charge >= 0.3 is 5.97 Å². The van der Waals surface area contributed by atoms with Gasteiger partial charge in [-0.2, -0.15) is 0 Å². The van der Waals surface area contributed by atoms with Crippen molar-refractivity contribution in [3.8, 4) is 0 Å². The molecule has 1 unspecified atom stereocenters. The number of carbonyl (C=O) groups is 2. The summed E-state index contributed by atoms with van der Waals surface area (Å²) >= 11 is 0. The number of carbonyl (C=O) groups excluding carboxylic acids is 1. The molecule has 0 aromatic rings. The molecule has 1 atom stereocenters. The average Bonchev–Trinajstić information content (AvgIpc) is 2.28. The average molecular weight is 243 g/mol. The molecule has 5 nitrogen and oxygen atoms in total. The lowest BCUT2D eigenvalue weighted by molar-refractivity contribution is -0.137. The summed E-state index contributed by atoms with van der Waals surface area (Å²) in [6, 6.07) is 0. The molecule has 0 radical (unpaired) electrons. The van der Waals surface area contributed by atoms with E-state index in [1.54, 1.807) is 13.0 Å². The molecule has 0 spiro atoms. The maximum atomic E-state index is 11.5. The first-order valence-corrected chi connectivity index (χ1v) is 5.80. The minimum absolute atomic E-state index is 0.140. The zero-order valence-electron chi connectivity index (χ0n) is 10.3. The molecule has 0 aliphatic rings. The SMILES string of the molecule is C=CCCOC(C)C(=O)NCCCCC(=O)O. The number of carboxylic acid groups (broad SMARTS) is 1. The molecule has 0 aliphatic carbocycles. The van der Waals surface area contributed by atoms with Crippen molar-refractivity contribution in [2.24, 2.45) is 0 Å². The molecule has 98 valence electrons. The van der Waals surface area contributed by atoms with Crippen LogP contribution < -0.4 is 5.32 Å². The minimum atomic E-state index is -0.808. The van der Waals surface area contributed by atoms with Crippen molar-refractivity contribution in [2.75, 3.05) is 13.2 Å². The molecule has 0 aromatic heterocycles. The largest absolute Gasteiger partial charge is 0.481 e. The molecular weight excluding hydrogens is 222 g/mol. The lowest BCUT2D eigenvalue weighted by atomic mass is 10.2. The molecular formula is C12H21NO4. The van der Waals surface area contributed by atoms with Gasteiger partial charge in [0.15, 0.2) is 0 Å². The first-order chi connectivity index (χ1) is 8.07. The number of aliphatic carboxylic acids is 1. The lowest BCUT2D eigenvalue weighted by Crippen LogP contribution is -2.35. The van der Waals surface area contributed by atoms with Crippen LogP contribution in [0.4, 0.5) is 0 Å². The topological polar surface area (TPSA) is 75.6 Å². The van der Waals surface area contributed by atoms with E-state index in [0.29, 0.717) is 26.0 Å². The molecule has 5 heteroatoms. The second kappa shape index (κ2) is 9.84. The summed E-state index contributed by atoms with van der Waals surface area (Å²) in [5, 5.41) is 11.1. The van der Waals surface area contributed by atoms with Gasteiger partial charge in [0, 0.05) is 13.0 Å². The Kier molecular flexibility index (Phi) is 9.05. The standard InChI is InChI=1S/C12H21NO4/c1-3-4-9-17-10(2)12(16)13-8-6-5-7-11(14)15/h3,10H,1,4-9H2,2H3,(H,13,16)(H,14,15). The summed E-state index contributed by atoms with van der Waals surface area (Å²) in [7, 11) is 0. The van der Waals surface area contributed by atoms with Crippen molar-refractivity contribution < 1.29 is 19.4 Å². The van der Waals surface area contributed by atoms with Crippen LogP contribution in [0.25, 0.3) is 0 Å². The molecule has 0 rings (SSSR count). The number of carboxylic acids is 1. The highest BCUT2D eigenvalue weighted by Crippen LogP contribution is 1.96. The van der Waals surface area contributed by atoms with Crippen LogP contribution in [0.3, 0.4) is 0 Å². The van der Waals surface area contributed by atoms with Gasteiger partial charge in [-0.05, 0) is 26.2 Å². The van der Waals surface area contributed by atoms with Gasteiger partial charge in [-0.15, -0.1) is 6.58 Å². The highest BCUT2D eigenvalue weighted by Gasteiger charge is 2.11. The number of nitrogens with one attached hydrogen (secondary N) is 1. The molecule has 2 N–H and O–H groups in total. The number of hydrogen-bond donors (Lipinski definition) is 2. The Balaban J connectivity index is 3.50. The van der Waals surface area contributed by atoms with Crippen molar-refractivity contribution in [2.45, 2.75) is 38.7 Å². The van der Waals surface area contributed by atoms with Crippen molar-refractivity contribution in [3.63, 3.8) is 0 Å². The predicted octanol–water partition coefficient (Wildman–Crippen LogP) is 1.34. The van der Waals surface area contributed by atoms with Gasteiger partial charge in [0.25, 0.3) is 0 Å². The Morgan fingerprint density at radius 1 is 1.47 bits per heavy atom. The van der Waals surface area contributed by atoms with Crippen LogP contribution >= 0.6 is 0 Å². The van der Waals surface area contributed by atoms with Gasteiger partial charge in [-0.25, -0.2) is 0 Å². The summed E-state index contributed by atoms with van der Waals surface area (Å²) in [4.78, 5) is 21.7. The molecule has 0 saturated heterocycles. The van der Waals surface area contributed by atoms with Crippen molar-refractivity contribution in [1.29, 1.82) is 0 Å². The molecule has 17 heavy (non-hydrogen) atoms. The van der Waals surface area contributed by atoms with E-state index in [4.69, 9.17) is 9.84 Å². The zero-order valence-corrected chi connectivity index (χ0v) is 10.3. The Bertz CT molecular complexity index is 253. The van der Waals surface area contributed by atoms with E-state index < -0.39 is 12.1 Å². The predicted molar refractivity (Wildman–Crippen MR) is 64.7 cm³/mol. The third-order valence-corrected chi connectivity index (χ3v) is 2.18. The molecule has 0 heterocycles. The fraction of sp³-hybridized carbons (Fsp3) is 0.667.